The number of barbiturate groups is 1. The van der Waals surface area contributed by atoms with Gasteiger partial charge in [0, 0.05) is 11.6 Å². The van der Waals surface area contributed by atoms with Gasteiger partial charge in [-0.3, -0.25) is 14.9 Å². The standard InChI is InChI=1S/C28H26N2O5/c1-17-8-10-20(11-9-17)16-35-25-15-22(34-4)13-12-21(25)14-23-26(31)29-28(33)30(27(23)32)24-7-5-6-18(2)19(24)3/h5-15H,16H2,1-4H3,(H,29,31,33)/b23-14+. The average molecular weight is 471 g/mol. The summed E-state index contributed by atoms with van der Waals surface area (Å²) in [5, 5.41) is 2.27. The van der Waals surface area contributed by atoms with Gasteiger partial charge >= 0.3 is 6.03 Å². The van der Waals surface area contributed by atoms with E-state index in [-0.39, 0.29) is 12.2 Å². The second-order valence-corrected chi connectivity index (χ2v) is 8.35. The van der Waals surface area contributed by atoms with Crippen molar-refractivity contribution in [1.82, 2.24) is 5.32 Å². The molecule has 7 nitrogen and oxygen atoms in total. The van der Waals surface area contributed by atoms with Crippen molar-refractivity contribution in [3.05, 3.63) is 94.1 Å². The van der Waals surface area contributed by atoms with E-state index in [1.807, 2.05) is 51.1 Å². The minimum absolute atomic E-state index is 0.171. The number of aryl methyl sites for hydroxylation is 2. The fraction of sp³-hybridized carbons (Fsp3) is 0.179. The Morgan fingerprint density at radius 1 is 0.943 bits per heavy atom. The van der Waals surface area contributed by atoms with Crippen LogP contribution in [0.1, 0.15) is 27.8 Å². The van der Waals surface area contributed by atoms with Gasteiger partial charge in [-0.2, -0.15) is 0 Å². The number of benzene rings is 3. The summed E-state index contributed by atoms with van der Waals surface area (Å²) >= 11 is 0. The predicted octanol–water partition coefficient (Wildman–Crippen LogP) is 4.87. The highest BCUT2D eigenvalue weighted by atomic mass is 16.5. The van der Waals surface area contributed by atoms with Gasteiger partial charge in [0.1, 0.15) is 23.7 Å². The van der Waals surface area contributed by atoms with Crippen LogP contribution in [0, 0.1) is 20.8 Å². The molecule has 0 unspecified atom stereocenters. The summed E-state index contributed by atoms with van der Waals surface area (Å²) in [6, 6.07) is 17.6. The third-order valence-corrected chi connectivity index (χ3v) is 5.95. The zero-order chi connectivity index (χ0) is 25.1. The molecule has 1 aliphatic heterocycles. The first-order valence-corrected chi connectivity index (χ1v) is 11.1. The normalized spacial score (nSPS) is 14.8. The molecule has 35 heavy (non-hydrogen) atoms. The number of nitrogens with one attached hydrogen (secondary N) is 1. The van der Waals surface area contributed by atoms with Gasteiger partial charge in [-0.1, -0.05) is 42.0 Å². The highest BCUT2D eigenvalue weighted by molar-refractivity contribution is 6.39. The number of hydrogen-bond donors (Lipinski definition) is 1. The van der Waals surface area contributed by atoms with E-state index in [9.17, 15) is 14.4 Å². The molecule has 1 N–H and O–H groups in total. The Labute approximate surface area is 204 Å². The zero-order valence-electron chi connectivity index (χ0n) is 20.0. The first-order valence-electron chi connectivity index (χ1n) is 11.1. The fourth-order valence-corrected chi connectivity index (χ4v) is 3.74. The maximum Gasteiger partial charge on any atom is 0.335 e. The van der Waals surface area contributed by atoms with Crippen LogP contribution in [0.5, 0.6) is 11.5 Å². The Balaban J connectivity index is 1.70. The Morgan fingerprint density at radius 2 is 1.69 bits per heavy atom. The molecule has 4 rings (SSSR count). The number of imide groups is 2. The number of amides is 4. The average Bonchev–Trinajstić information content (AvgIpc) is 2.84. The van der Waals surface area contributed by atoms with Gasteiger partial charge in [0.15, 0.2) is 0 Å². The fourth-order valence-electron chi connectivity index (χ4n) is 3.74. The summed E-state index contributed by atoms with van der Waals surface area (Å²) in [5.41, 5.74) is 4.57. The third-order valence-electron chi connectivity index (χ3n) is 5.95. The van der Waals surface area contributed by atoms with Gasteiger partial charge in [-0.25, -0.2) is 9.69 Å². The molecule has 0 aromatic heterocycles. The third kappa shape index (κ3) is 4.94. The number of methoxy groups -OCH3 is 1. The van der Waals surface area contributed by atoms with E-state index in [4.69, 9.17) is 9.47 Å². The van der Waals surface area contributed by atoms with Crippen molar-refractivity contribution in [2.24, 2.45) is 0 Å². The number of hydrogen-bond acceptors (Lipinski definition) is 5. The maximum absolute atomic E-state index is 13.4. The van der Waals surface area contributed by atoms with Crippen LogP contribution in [0.3, 0.4) is 0 Å². The van der Waals surface area contributed by atoms with Crippen LogP contribution in [-0.2, 0) is 16.2 Å². The van der Waals surface area contributed by atoms with E-state index in [1.54, 1.807) is 37.4 Å². The molecule has 0 bridgehead atoms. The Morgan fingerprint density at radius 3 is 2.40 bits per heavy atom. The van der Waals surface area contributed by atoms with Crippen LogP contribution in [0.15, 0.2) is 66.2 Å². The van der Waals surface area contributed by atoms with Gasteiger partial charge in [0.25, 0.3) is 11.8 Å². The van der Waals surface area contributed by atoms with Crippen molar-refractivity contribution in [3.63, 3.8) is 0 Å². The number of nitrogens with zero attached hydrogens (tertiary/aromatic N) is 1. The lowest BCUT2D eigenvalue weighted by molar-refractivity contribution is -0.122. The molecule has 1 saturated heterocycles. The largest absolute Gasteiger partial charge is 0.497 e. The molecule has 1 heterocycles. The molecule has 1 aliphatic rings. The smallest absolute Gasteiger partial charge is 0.335 e. The summed E-state index contributed by atoms with van der Waals surface area (Å²) in [7, 11) is 1.54. The molecule has 3 aromatic carbocycles. The Hall–Kier alpha value is -4.39. The molecule has 0 spiro atoms. The molecule has 3 aromatic rings. The van der Waals surface area contributed by atoms with Crippen molar-refractivity contribution >= 4 is 29.6 Å². The predicted molar refractivity (Wildman–Crippen MR) is 133 cm³/mol. The topological polar surface area (TPSA) is 84.9 Å². The summed E-state index contributed by atoms with van der Waals surface area (Å²) < 4.78 is 11.4. The van der Waals surface area contributed by atoms with Gasteiger partial charge < -0.3 is 9.47 Å². The van der Waals surface area contributed by atoms with Crippen molar-refractivity contribution < 1.29 is 23.9 Å². The number of anilines is 1. The second kappa shape index (κ2) is 9.85. The number of carbonyl (C=O) groups is 3. The maximum atomic E-state index is 13.4. The summed E-state index contributed by atoms with van der Waals surface area (Å²) in [5.74, 6) is -0.458. The Bertz CT molecular complexity index is 1340. The van der Waals surface area contributed by atoms with Crippen LogP contribution in [-0.4, -0.2) is 25.0 Å². The molecule has 4 amide bonds. The summed E-state index contributed by atoms with van der Waals surface area (Å²) in [6.07, 6.45) is 1.44. The van der Waals surface area contributed by atoms with E-state index in [0.29, 0.717) is 22.7 Å². The van der Waals surface area contributed by atoms with Crippen LogP contribution >= 0.6 is 0 Å². The first kappa shape index (κ1) is 23.8. The summed E-state index contributed by atoms with van der Waals surface area (Å²) in [4.78, 5) is 39.7. The number of carbonyl (C=O) groups excluding carboxylic acids is 3. The molecular formula is C28H26N2O5. The van der Waals surface area contributed by atoms with Crippen LogP contribution in [0.2, 0.25) is 0 Å². The lowest BCUT2D eigenvalue weighted by Gasteiger charge is -2.28. The van der Waals surface area contributed by atoms with E-state index in [0.717, 1.165) is 27.2 Å². The molecular weight excluding hydrogens is 444 g/mol. The van der Waals surface area contributed by atoms with Gasteiger partial charge in [0.05, 0.1) is 12.8 Å². The monoisotopic (exact) mass is 470 g/mol. The van der Waals surface area contributed by atoms with E-state index < -0.39 is 17.8 Å². The quantitative estimate of drug-likeness (QED) is 0.411. The van der Waals surface area contributed by atoms with E-state index >= 15 is 0 Å². The van der Waals surface area contributed by atoms with Gasteiger partial charge in [-0.05, 0) is 61.7 Å². The van der Waals surface area contributed by atoms with Gasteiger partial charge in [0.2, 0.25) is 0 Å². The molecule has 0 atom stereocenters. The first-order chi connectivity index (χ1) is 16.8. The number of ether oxygens (including phenoxy) is 2. The molecule has 178 valence electrons. The highest BCUT2D eigenvalue weighted by Gasteiger charge is 2.37. The molecule has 0 saturated carbocycles. The van der Waals surface area contributed by atoms with Crippen molar-refractivity contribution in [2.75, 3.05) is 12.0 Å². The highest BCUT2D eigenvalue weighted by Crippen LogP contribution is 2.31. The number of urea groups is 1. The molecule has 1 fully saturated rings. The lowest BCUT2D eigenvalue weighted by atomic mass is 10.0. The zero-order valence-corrected chi connectivity index (χ0v) is 20.0. The van der Waals surface area contributed by atoms with E-state index in [1.165, 1.54) is 6.08 Å². The van der Waals surface area contributed by atoms with E-state index in [2.05, 4.69) is 5.32 Å². The second-order valence-electron chi connectivity index (χ2n) is 8.35. The van der Waals surface area contributed by atoms with Crippen LogP contribution < -0.4 is 19.7 Å². The van der Waals surface area contributed by atoms with Crippen molar-refractivity contribution in [1.29, 1.82) is 0 Å². The minimum atomic E-state index is -0.781. The number of rotatable bonds is 6. The van der Waals surface area contributed by atoms with Crippen LogP contribution in [0.4, 0.5) is 10.5 Å². The Kier molecular flexibility index (Phi) is 6.68. The SMILES string of the molecule is COc1ccc(/C=C2\C(=O)NC(=O)N(c3cccc(C)c3C)C2=O)c(OCc2ccc(C)cc2)c1. The summed E-state index contributed by atoms with van der Waals surface area (Å²) in [6.45, 7) is 6.01. The van der Waals surface area contributed by atoms with Crippen LogP contribution in [0.25, 0.3) is 6.08 Å². The minimum Gasteiger partial charge on any atom is -0.497 e. The van der Waals surface area contributed by atoms with Crippen molar-refractivity contribution in [2.45, 2.75) is 27.4 Å². The lowest BCUT2D eigenvalue weighted by Crippen LogP contribution is -2.54. The van der Waals surface area contributed by atoms with Gasteiger partial charge in [-0.15, -0.1) is 0 Å². The molecule has 0 aliphatic carbocycles. The molecule has 7 heteroatoms. The van der Waals surface area contributed by atoms with Crippen molar-refractivity contribution in [3.8, 4) is 11.5 Å². The molecule has 0 radical (unpaired) electrons.